The highest BCUT2D eigenvalue weighted by molar-refractivity contribution is 5.95. The van der Waals surface area contributed by atoms with Gasteiger partial charge in [-0.15, -0.1) is 0 Å². The summed E-state index contributed by atoms with van der Waals surface area (Å²) in [6, 6.07) is 11.0. The largest absolute Gasteiger partial charge is 0.335 e. The summed E-state index contributed by atoms with van der Waals surface area (Å²) in [6.07, 6.45) is 3.34. The average molecular weight is 380 g/mol. The molecule has 0 aliphatic carbocycles. The molecule has 8 heteroatoms. The molecule has 1 unspecified atom stereocenters. The van der Waals surface area contributed by atoms with E-state index in [1.54, 1.807) is 41.8 Å². The van der Waals surface area contributed by atoms with Crippen LogP contribution in [0.25, 0.3) is 5.69 Å². The number of hydrogen-bond acceptors (Lipinski definition) is 4. The lowest BCUT2D eigenvalue weighted by Crippen LogP contribution is -2.38. The third-order valence-corrected chi connectivity index (χ3v) is 4.59. The quantitative estimate of drug-likeness (QED) is 0.711. The maximum Gasteiger partial charge on any atom is 0.247 e. The summed E-state index contributed by atoms with van der Waals surface area (Å²) >= 11 is 0. The van der Waals surface area contributed by atoms with Gasteiger partial charge in [0.1, 0.15) is 6.04 Å². The van der Waals surface area contributed by atoms with Crippen molar-refractivity contribution in [2.24, 2.45) is 0 Å². The lowest BCUT2D eigenvalue weighted by molar-refractivity contribution is -0.136. The van der Waals surface area contributed by atoms with Crippen LogP contribution in [0.4, 0.5) is 5.69 Å². The maximum absolute atomic E-state index is 12.5. The van der Waals surface area contributed by atoms with Crippen molar-refractivity contribution < 1.29 is 9.59 Å². The molecule has 0 fully saturated rings. The number of benzene rings is 1. The number of amides is 2. The van der Waals surface area contributed by atoms with E-state index in [1.165, 1.54) is 4.90 Å². The van der Waals surface area contributed by atoms with Gasteiger partial charge in [0.15, 0.2) is 0 Å². The van der Waals surface area contributed by atoms with Gasteiger partial charge in [-0.05, 0) is 39.0 Å². The van der Waals surface area contributed by atoms with Gasteiger partial charge in [0.25, 0.3) is 0 Å². The summed E-state index contributed by atoms with van der Waals surface area (Å²) in [5.41, 5.74) is 3.13. The molecule has 1 N–H and O–H groups in total. The lowest BCUT2D eigenvalue weighted by Gasteiger charge is -2.21. The number of likely N-dealkylation sites (N-methyl/N-ethyl adjacent to an activating group) is 1. The third kappa shape index (κ3) is 3.95. The zero-order valence-corrected chi connectivity index (χ0v) is 16.5. The van der Waals surface area contributed by atoms with Gasteiger partial charge in [-0.1, -0.05) is 18.2 Å². The van der Waals surface area contributed by atoms with Crippen molar-refractivity contribution in [1.29, 1.82) is 0 Å². The number of para-hydroxylation sites is 1. The van der Waals surface area contributed by atoms with Crippen LogP contribution in [0.3, 0.4) is 0 Å². The Balaban J connectivity index is 1.68. The summed E-state index contributed by atoms with van der Waals surface area (Å²) in [7, 11) is 1.61. The van der Waals surface area contributed by atoms with E-state index >= 15 is 0 Å². The Hall–Kier alpha value is -3.42. The van der Waals surface area contributed by atoms with Crippen LogP contribution in [-0.4, -0.2) is 49.9 Å². The fourth-order valence-corrected chi connectivity index (χ4v) is 3.06. The first-order valence-corrected chi connectivity index (χ1v) is 9.04. The molecule has 0 saturated heterocycles. The highest BCUT2D eigenvalue weighted by atomic mass is 16.2. The van der Waals surface area contributed by atoms with Crippen molar-refractivity contribution in [2.75, 3.05) is 18.9 Å². The molecule has 2 aromatic heterocycles. The monoisotopic (exact) mass is 380 g/mol. The van der Waals surface area contributed by atoms with Gasteiger partial charge in [-0.2, -0.15) is 10.2 Å². The number of carbonyl (C=O) groups excluding carboxylic acids is 2. The molecule has 146 valence electrons. The van der Waals surface area contributed by atoms with Crippen molar-refractivity contribution in [2.45, 2.75) is 26.8 Å². The molecule has 0 radical (unpaired) electrons. The second kappa shape index (κ2) is 8.08. The summed E-state index contributed by atoms with van der Waals surface area (Å²) in [5.74, 6) is -0.463. The van der Waals surface area contributed by atoms with E-state index in [9.17, 15) is 9.59 Å². The molecule has 0 aliphatic rings. The van der Waals surface area contributed by atoms with Gasteiger partial charge in [-0.25, -0.2) is 4.68 Å². The van der Waals surface area contributed by atoms with Crippen LogP contribution >= 0.6 is 0 Å². The summed E-state index contributed by atoms with van der Waals surface area (Å²) in [4.78, 5) is 26.4. The first-order valence-electron chi connectivity index (χ1n) is 9.04. The van der Waals surface area contributed by atoms with Crippen molar-refractivity contribution >= 4 is 17.5 Å². The predicted octanol–water partition coefficient (Wildman–Crippen LogP) is 2.34. The molecule has 0 saturated carbocycles. The average Bonchev–Trinajstić information content (AvgIpc) is 3.32. The number of aryl methyl sites for hydroxylation is 1. The first kappa shape index (κ1) is 19.3. The minimum Gasteiger partial charge on any atom is -0.335 e. The smallest absolute Gasteiger partial charge is 0.247 e. The van der Waals surface area contributed by atoms with Gasteiger partial charge >= 0.3 is 0 Å². The number of carbonyl (C=O) groups is 2. The van der Waals surface area contributed by atoms with Gasteiger partial charge < -0.3 is 10.2 Å². The number of aromatic nitrogens is 4. The summed E-state index contributed by atoms with van der Waals surface area (Å²) in [5, 5.41) is 11.5. The van der Waals surface area contributed by atoms with E-state index < -0.39 is 6.04 Å². The Morgan fingerprint density at radius 3 is 2.54 bits per heavy atom. The molecule has 28 heavy (non-hydrogen) atoms. The van der Waals surface area contributed by atoms with Crippen LogP contribution in [0.2, 0.25) is 0 Å². The number of nitrogens with one attached hydrogen (secondary N) is 1. The minimum atomic E-state index is -0.475. The SMILES string of the molecule is Cc1nn(-c2ccccc2)c(C)c1NC(=O)CN(C)C(=O)C(C)n1cccn1. The Morgan fingerprint density at radius 1 is 1.18 bits per heavy atom. The summed E-state index contributed by atoms with van der Waals surface area (Å²) < 4.78 is 3.36. The van der Waals surface area contributed by atoms with Crippen molar-refractivity contribution in [3.05, 3.63) is 60.2 Å². The normalized spacial score (nSPS) is 11.9. The van der Waals surface area contributed by atoms with Gasteiger partial charge in [-0.3, -0.25) is 14.3 Å². The molecule has 2 amide bonds. The summed E-state index contributed by atoms with van der Waals surface area (Å²) in [6.45, 7) is 5.44. The third-order valence-electron chi connectivity index (χ3n) is 4.59. The number of hydrogen-bond donors (Lipinski definition) is 1. The van der Waals surface area contributed by atoms with E-state index in [1.807, 2.05) is 44.2 Å². The molecule has 0 aliphatic heterocycles. The van der Waals surface area contributed by atoms with Crippen LogP contribution in [0.5, 0.6) is 0 Å². The molecule has 3 aromatic rings. The zero-order chi connectivity index (χ0) is 20.3. The number of anilines is 1. The fourth-order valence-electron chi connectivity index (χ4n) is 3.06. The van der Waals surface area contributed by atoms with E-state index in [0.717, 1.165) is 11.4 Å². The van der Waals surface area contributed by atoms with Gasteiger partial charge in [0.2, 0.25) is 11.8 Å². The Labute approximate surface area is 163 Å². The highest BCUT2D eigenvalue weighted by Crippen LogP contribution is 2.22. The first-order chi connectivity index (χ1) is 13.4. The maximum atomic E-state index is 12.5. The molecule has 0 spiro atoms. The van der Waals surface area contributed by atoms with Crippen molar-refractivity contribution in [1.82, 2.24) is 24.5 Å². The van der Waals surface area contributed by atoms with Crippen molar-refractivity contribution in [3.63, 3.8) is 0 Å². The second-order valence-corrected chi connectivity index (χ2v) is 6.70. The zero-order valence-electron chi connectivity index (χ0n) is 16.5. The molecule has 0 bridgehead atoms. The van der Waals surface area contributed by atoms with Crippen molar-refractivity contribution in [3.8, 4) is 5.69 Å². The van der Waals surface area contributed by atoms with Crippen LogP contribution in [0, 0.1) is 13.8 Å². The van der Waals surface area contributed by atoms with Crippen LogP contribution < -0.4 is 5.32 Å². The molecule has 1 atom stereocenters. The minimum absolute atomic E-state index is 0.0557. The Morgan fingerprint density at radius 2 is 1.89 bits per heavy atom. The fraction of sp³-hybridized carbons (Fsp3) is 0.300. The molecule has 8 nitrogen and oxygen atoms in total. The van der Waals surface area contributed by atoms with E-state index in [0.29, 0.717) is 11.4 Å². The van der Waals surface area contributed by atoms with Gasteiger partial charge in [0.05, 0.1) is 29.3 Å². The molecule has 2 heterocycles. The lowest BCUT2D eigenvalue weighted by atomic mass is 10.2. The predicted molar refractivity (Wildman–Crippen MR) is 106 cm³/mol. The Bertz CT molecular complexity index is 962. The molecule has 1 aromatic carbocycles. The topological polar surface area (TPSA) is 85.0 Å². The molecular formula is C20H24N6O2. The van der Waals surface area contributed by atoms with Gasteiger partial charge in [0, 0.05) is 19.4 Å². The number of rotatable bonds is 6. The second-order valence-electron chi connectivity index (χ2n) is 6.70. The van der Waals surface area contributed by atoms with Crippen LogP contribution in [-0.2, 0) is 9.59 Å². The van der Waals surface area contributed by atoms with E-state index in [2.05, 4.69) is 15.5 Å². The molecule has 3 rings (SSSR count). The van der Waals surface area contributed by atoms with Crippen LogP contribution in [0.1, 0.15) is 24.4 Å². The number of nitrogens with zero attached hydrogens (tertiary/aromatic N) is 5. The van der Waals surface area contributed by atoms with Crippen LogP contribution in [0.15, 0.2) is 48.8 Å². The molecular weight excluding hydrogens is 356 g/mol. The van der Waals surface area contributed by atoms with E-state index in [4.69, 9.17) is 0 Å². The Kier molecular flexibility index (Phi) is 5.58. The standard InChI is InChI=1S/C20H24N6O2/c1-14-19(15(2)26(23-14)17-9-6-5-7-10-17)22-18(27)13-24(4)20(28)16(3)25-12-8-11-21-25/h5-12,16H,13H2,1-4H3,(H,22,27). The highest BCUT2D eigenvalue weighted by Gasteiger charge is 2.22. The van der Waals surface area contributed by atoms with E-state index in [-0.39, 0.29) is 18.4 Å².